The molecule has 10 heteroatoms. The molecule has 11 aliphatic rings. The van der Waals surface area contributed by atoms with Crippen LogP contribution >= 0.6 is 0 Å². The summed E-state index contributed by atoms with van der Waals surface area (Å²) in [4.78, 5) is 83.1. The molecule has 3 aliphatic heterocycles. The zero-order chi connectivity index (χ0) is 68.7. The Balaban J connectivity index is 0.725. The van der Waals surface area contributed by atoms with Crippen molar-refractivity contribution >= 4 is 310 Å². The number of hydrogen-bond donors (Lipinski definition) is 2. The quantitative estimate of drug-likeness (QED) is 0.0732. The van der Waals surface area contributed by atoms with Gasteiger partial charge in [-0.1, -0.05) is 26.8 Å². The van der Waals surface area contributed by atoms with Gasteiger partial charge in [0.15, 0.2) is 5.78 Å². The van der Waals surface area contributed by atoms with Crippen molar-refractivity contribution in [1.82, 2.24) is 24.8 Å². The summed E-state index contributed by atoms with van der Waals surface area (Å²) in [5.74, 6) is -1.54. The number of aryl methyl sites for hydroxylation is 2. The van der Waals surface area contributed by atoms with Crippen molar-refractivity contribution in [2.24, 2.45) is 0 Å². The second-order valence-electron chi connectivity index (χ2n) is 37.4. The van der Waals surface area contributed by atoms with Crippen LogP contribution in [-0.2, 0) is 20.4 Å². The van der Waals surface area contributed by atoms with Gasteiger partial charge in [0, 0.05) is 98.6 Å². The summed E-state index contributed by atoms with van der Waals surface area (Å²) in [6, 6.07) is 6.26. The van der Waals surface area contributed by atoms with Crippen LogP contribution in [0.2, 0.25) is 0 Å². The first-order valence-electron chi connectivity index (χ1n) is 39.8. The molecule has 2 N–H and O–H groups in total. The van der Waals surface area contributed by atoms with E-state index in [1.165, 1.54) is 44.6 Å². The van der Waals surface area contributed by atoms with Gasteiger partial charge in [0.25, 0.3) is 11.8 Å². The second-order valence-corrected chi connectivity index (χ2v) is 37.4. The van der Waals surface area contributed by atoms with Crippen LogP contribution in [-0.4, -0.2) is 55.5 Å². The molecule has 0 radical (unpaired) electrons. The van der Waals surface area contributed by atoms with Crippen LogP contribution in [0.25, 0.3) is 286 Å². The SMILES string of the molecule is CC[C@@H]1c2cc3[nH]c4c(c5nc(cc6[nH]c(cc(n2)[C@H]1C)c(C(C)=O)c6C)[C@@H](C)[C@@H]5CCC(=O)OC)C(=O)N(C1=CCC25c6c7c8c9c%10c%11c%12c%13c%14c%15c%16c(c%17c%18c2c2c6c6c%19c7c9c7c%11c9c%11c%12c%12c%14c%14c%15c%17c%15c%18c%17c2c2c6c6c%19c7c9c7c6c6c2c%17c2c%15c%14c9c%12c%11c7c6c92)C5(C1)C=8C%16C%10%13)C(=O)c4c3C. The molecule has 28 aromatic rings. The molecule has 8 aliphatic carbocycles. The lowest BCUT2D eigenvalue weighted by atomic mass is 9.44. The molecule has 8 atom stereocenters. The number of nitrogens with zero attached hydrogens (tertiary/aromatic N) is 3. The predicted octanol–water partition coefficient (Wildman–Crippen LogP) is 22.3. The molecule has 6 heterocycles. The van der Waals surface area contributed by atoms with Crippen molar-refractivity contribution < 1.29 is 23.9 Å². The molecular weight excluding hydrogens is 1330 g/mol. The lowest BCUT2D eigenvalue weighted by Gasteiger charge is -2.57. The van der Waals surface area contributed by atoms with Crippen LogP contribution < -0.4 is 5.22 Å². The number of carbonyl (C=O) groups excluding carboxylic acids is 4. The summed E-state index contributed by atoms with van der Waals surface area (Å²) in [6.07, 6.45) is 4.86. The maximum Gasteiger partial charge on any atom is 0.305 e. The molecule has 490 valence electrons. The number of rotatable bonds is 6. The fraction of sp³-hybridized carbons (Fsp3) is 0.204. The predicted molar refractivity (Wildman–Crippen MR) is 432 cm³/mol. The highest BCUT2D eigenvalue weighted by molar-refractivity contribution is 6.80. The van der Waals surface area contributed by atoms with E-state index in [4.69, 9.17) is 14.7 Å². The highest BCUT2D eigenvalue weighted by Crippen LogP contribution is 2.87. The van der Waals surface area contributed by atoms with Crippen LogP contribution in [0.5, 0.6) is 0 Å². The number of aromatic nitrogens is 4. The monoisotopic (exact) mass is 1370 g/mol. The Morgan fingerprint density at radius 2 is 0.898 bits per heavy atom. The number of carbonyl (C=O) groups is 4. The molecule has 25 aromatic carbocycles. The molecule has 10 nitrogen and oxygen atoms in total. The third kappa shape index (κ3) is 3.39. The summed E-state index contributed by atoms with van der Waals surface area (Å²) < 4.78 is 5.41. The van der Waals surface area contributed by atoms with Gasteiger partial charge in [-0.2, -0.15) is 0 Å². The third-order valence-electron chi connectivity index (χ3n) is 35.4. The Labute approximate surface area is 601 Å². The largest absolute Gasteiger partial charge is 0.469 e. The average molecular weight is 1370 g/mol. The first-order valence-corrected chi connectivity index (χ1v) is 39.8. The number of methoxy groups -OCH3 is 1. The molecule has 4 unspecified atom stereocenters. The Bertz CT molecular complexity index is 9990. The molecule has 2 spiro atoms. The lowest BCUT2D eigenvalue weighted by Crippen LogP contribution is -2.57. The maximum absolute atomic E-state index is 17.8. The van der Waals surface area contributed by atoms with Crippen molar-refractivity contribution in [3.05, 3.63) is 119 Å². The number of H-pyrrole nitrogens is 2. The zero-order valence-electron chi connectivity index (χ0n) is 58.7. The van der Waals surface area contributed by atoms with E-state index < -0.39 is 16.7 Å². The fourth-order valence-electron chi connectivity index (χ4n) is 33.2. The summed E-state index contributed by atoms with van der Waals surface area (Å²) in [6.45, 7) is 12.3. The molecule has 108 heavy (non-hydrogen) atoms. The molecular formula is C98H43N5O5. The van der Waals surface area contributed by atoms with Gasteiger partial charge in [0.05, 0.1) is 35.0 Å². The normalized spacial score (nSPS) is 24.7. The number of amides is 2. The summed E-state index contributed by atoms with van der Waals surface area (Å²) in [5, 5.41) is 76.5. The first kappa shape index (κ1) is 48.9. The van der Waals surface area contributed by atoms with Gasteiger partial charge in [0.1, 0.15) is 0 Å². The highest BCUT2D eigenvalue weighted by Gasteiger charge is 2.74. The molecule has 39 rings (SSSR count). The van der Waals surface area contributed by atoms with Crippen molar-refractivity contribution in [2.75, 3.05) is 7.11 Å². The Kier molecular flexibility index (Phi) is 5.73. The minimum atomic E-state index is -0.717. The Hall–Kier alpha value is -12.1. The van der Waals surface area contributed by atoms with Crippen LogP contribution in [0.1, 0.15) is 194 Å². The van der Waals surface area contributed by atoms with E-state index in [-0.39, 0.29) is 59.6 Å². The molecule has 0 fully saturated rings. The van der Waals surface area contributed by atoms with E-state index in [2.05, 4.69) is 61.9 Å². The standard InChI is InChI=1S/C98H43N5O5/c1-8-23-17(2)25-15-30-32(21(6)104)19(4)27(100-30)13-26-18(3)24(9-10-31(105)108-7)93(101-26)88-94-33(20(5)28(102-94)14-29(23)99-25)95(106)103(96(88)107)22-11-12-97-89-80-72-62-52-44-36-34-35-38-42-40(36)48-56-50(42)60-54-46(38)47-39(35)43-41-37(34)45(44)53-59-49(41)57-51(43)61-55(47)65-64(54)74-68(60)78-70(56)76(66(72)58(48)52)82(89)84(78)91-86(74)87-75(65)69(61)79-71(57)77-67(59)73(63(53)62)81(80)90(97)83(77)85(79)92(87)98(91,97)16-22/h11,13-15,17-18,23-24,74,86,100,102H,8-10,12,16H2,1-7H3/t17-,18-,23-,24-,74?,86?,97?,98?/m0/s1. The smallest absolute Gasteiger partial charge is 0.305 e. The molecule has 8 bridgehead atoms. The van der Waals surface area contributed by atoms with Crippen LogP contribution in [0.4, 0.5) is 0 Å². The van der Waals surface area contributed by atoms with Gasteiger partial charge < -0.3 is 14.7 Å². The maximum atomic E-state index is 17.8. The van der Waals surface area contributed by atoms with Crippen molar-refractivity contribution in [1.29, 1.82) is 0 Å². The van der Waals surface area contributed by atoms with E-state index >= 15 is 9.59 Å². The van der Waals surface area contributed by atoms with Gasteiger partial charge in [-0.25, -0.2) is 4.90 Å². The summed E-state index contributed by atoms with van der Waals surface area (Å²) in [5.41, 5.74) is 19.5. The second kappa shape index (κ2) is 12.7. The number of fused-ring (bicyclic) bond motifs is 8. The van der Waals surface area contributed by atoms with Crippen molar-refractivity contribution in [3.8, 4) is 0 Å². The van der Waals surface area contributed by atoms with Gasteiger partial charge in [-0.3, -0.25) is 29.1 Å². The number of ketones is 1. The number of ether oxygens (including phenoxy) is 1. The van der Waals surface area contributed by atoms with Gasteiger partial charge in [0.2, 0.25) is 0 Å². The Morgan fingerprint density at radius 1 is 0.472 bits per heavy atom. The van der Waals surface area contributed by atoms with Gasteiger partial charge in [-0.15, -0.1) is 0 Å². The molecule has 2 amide bonds. The number of Topliss-reactive ketones (excluding diaryl/α,β-unsaturated/α-hetero) is 1. The number of benzene rings is 16. The number of allylic oxidation sites excluding steroid dienone is 2. The van der Waals surface area contributed by atoms with E-state index in [0.717, 1.165) is 51.4 Å². The van der Waals surface area contributed by atoms with Gasteiger partial charge in [-0.05, 0) is 372 Å². The van der Waals surface area contributed by atoms with E-state index in [9.17, 15) is 9.59 Å². The van der Waals surface area contributed by atoms with Crippen LogP contribution in [0.15, 0.2) is 30.0 Å². The minimum absolute atomic E-state index is 0.0259. The first-order chi connectivity index (χ1) is 52.9. The average Bonchev–Trinajstić information content (AvgIpc) is 1.38. The summed E-state index contributed by atoms with van der Waals surface area (Å²) >= 11 is 0. The topological polar surface area (TPSA) is 138 Å². The molecule has 0 saturated carbocycles. The fourth-order valence-corrected chi connectivity index (χ4v) is 33.2. The zero-order valence-corrected chi connectivity index (χ0v) is 58.7. The number of aromatic amines is 2. The van der Waals surface area contributed by atoms with Crippen molar-refractivity contribution in [2.45, 2.75) is 120 Å². The number of imide groups is 1. The third-order valence-corrected chi connectivity index (χ3v) is 35.4. The van der Waals surface area contributed by atoms with E-state index in [0.29, 0.717) is 52.7 Å². The van der Waals surface area contributed by atoms with Crippen molar-refractivity contribution in [3.63, 3.8) is 0 Å². The number of hydrogen-bond acceptors (Lipinski definition) is 7. The highest BCUT2D eigenvalue weighted by atomic mass is 16.5. The van der Waals surface area contributed by atoms with Crippen LogP contribution in [0.3, 0.4) is 0 Å². The molecule has 0 saturated heterocycles. The van der Waals surface area contributed by atoms with E-state index in [1.54, 1.807) is 277 Å². The van der Waals surface area contributed by atoms with E-state index in [1.807, 2.05) is 6.92 Å². The van der Waals surface area contributed by atoms with Gasteiger partial charge >= 0.3 is 5.97 Å². The van der Waals surface area contributed by atoms with Crippen LogP contribution in [0, 0.1) is 13.8 Å². The lowest BCUT2D eigenvalue weighted by molar-refractivity contribution is -0.140. The number of esters is 1. The summed E-state index contributed by atoms with van der Waals surface area (Å²) in [7, 11) is 1.44. The minimum Gasteiger partial charge on any atom is -0.469 e. The number of nitrogens with one attached hydrogen (secondary N) is 2. The molecule has 3 aromatic heterocycles. The Morgan fingerprint density at radius 3 is 1.43 bits per heavy atom.